The van der Waals surface area contributed by atoms with Crippen LogP contribution >= 0.6 is 0 Å². The number of allylic oxidation sites excluding steroid dienone is 2. The van der Waals surface area contributed by atoms with E-state index in [9.17, 15) is 0 Å². The average molecular weight is 352 g/mol. The smallest absolute Gasteiger partial charge is 0.132 e. The summed E-state index contributed by atoms with van der Waals surface area (Å²) >= 11 is 0. The van der Waals surface area contributed by atoms with Crippen molar-refractivity contribution in [1.29, 1.82) is 0 Å². The largest absolute Gasteiger partial charge is 0.383 e. The van der Waals surface area contributed by atoms with Crippen LogP contribution in [-0.2, 0) is 7.05 Å². The summed E-state index contributed by atoms with van der Waals surface area (Å²) < 4.78 is 1.76. The maximum Gasteiger partial charge on any atom is 0.132 e. The van der Waals surface area contributed by atoms with Crippen molar-refractivity contribution in [3.8, 4) is 0 Å². The summed E-state index contributed by atoms with van der Waals surface area (Å²) in [6.07, 6.45) is 9.80. The number of nitrogens with zero attached hydrogens (tertiary/aromatic N) is 4. The lowest BCUT2D eigenvalue weighted by Crippen LogP contribution is -2.41. The van der Waals surface area contributed by atoms with Crippen molar-refractivity contribution in [2.45, 2.75) is 26.1 Å². The number of hydrazine groups is 1. The van der Waals surface area contributed by atoms with Gasteiger partial charge >= 0.3 is 0 Å². The Kier molecular flexibility index (Phi) is 4.04. The van der Waals surface area contributed by atoms with E-state index in [1.54, 1.807) is 10.9 Å². The minimum absolute atomic E-state index is 0.0173. The number of aromatic nitrogens is 3. The van der Waals surface area contributed by atoms with Crippen LogP contribution in [0.15, 0.2) is 48.2 Å². The molecule has 2 aromatic rings. The van der Waals surface area contributed by atoms with Crippen LogP contribution in [0.4, 0.5) is 17.2 Å². The molecule has 0 aliphatic carbocycles. The molecule has 0 bridgehead atoms. The minimum atomic E-state index is -0.0173. The van der Waals surface area contributed by atoms with E-state index in [1.165, 1.54) is 5.57 Å². The fourth-order valence-electron chi connectivity index (χ4n) is 3.20. The number of aryl methyl sites for hydroxylation is 1. The van der Waals surface area contributed by atoms with E-state index >= 15 is 0 Å². The molecule has 4 heterocycles. The van der Waals surface area contributed by atoms with Crippen LogP contribution in [-0.4, -0.2) is 27.9 Å². The normalized spacial score (nSPS) is 21.6. The van der Waals surface area contributed by atoms with Gasteiger partial charge in [0, 0.05) is 43.8 Å². The Bertz CT molecular complexity index is 881. The molecule has 2 unspecified atom stereocenters. The van der Waals surface area contributed by atoms with E-state index in [4.69, 9.17) is 0 Å². The molecule has 2 aliphatic heterocycles. The van der Waals surface area contributed by atoms with Gasteiger partial charge in [0.05, 0.1) is 23.6 Å². The van der Waals surface area contributed by atoms with Crippen molar-refractivity contribution < 1.29 is 0 Å². The molecule has 2 aromatic heterocycles. The standard InChI is InChI=1S/C18H24N8/c1-11-5-15(12(2)19-7-11)23-18-14-9-20-17(6-16(14)26(4)24-18)22-13-8-21-25(3)10-13/h5-10,12,18-19,23-24H,1-4H3,(H,20,22). The van der Waals surface area contributed by atoms with Gasteiger partial charge in [-0.15, -0.1) is 0 Å². The highest BCUT2D eigenvalue weighted by molar-refractivity contribution is 5.65. The monoisotopic (exact) mass is 352 g/mol. The predicted octanol–water partition coefficient (Wildman–Crippen LogP) is 1.88. The summed E-state index contributed by atoms with van der Waals surface area (Å²) in [6.45, 7) is 4.22. The molecule has 0 fully saturated rings. The molecule has 8 nitrogen and oxygen atoms in total. The molecule has 2 atom stereocenters. The highest BCUT2D eigenvalue weighted by Crippen LogP contribution is 2.33. The van der Waals surface area contributed by atoms with Gasteiger partial charge in [0.25, 0.3) is 0 Å². The molecule has 0 aromatic carbocycles. The SMILES string of the molecule is CC1=CNC(C)C(NC2NN(C)c3cc(Nc4cnn(C)c4)ncc32)=C1. The lowest BCUT2D eigenvalue weighted by Gasteiger charge is -2.26. The Hall–Kier alpha value is -3.00. The summed E-state index contributed by atoms with van der Waals surface area (Å²) in [5, 5.41) is 16.4. The van der Waals surface area contributed by atoms with Crippen molar-refractivity contribution in [2.24, 2.45) is 7.05 Å². The van der Waals surface area contributed by atoms with E-state index in [-0.39, 0.29) is 12.2 Å². The quantitative estimate of drug-likeness (QED) is 0.669. The van der Waals surface area contributed by atoms with Crippen LogP contribution in [0.3, 0.4) is 0 Å². The zero-order valence-electron chi connectivity index (χ0n) is 15.4. The summed E-state index contributed by atoms with van der Waals surface area (Å²) in [4.78, 5) is 4.57. The van der Waals surface area contributed by atoms with Gasteiger partial charge in [-0.25, -0.2) is 10.4 Å². The first-order chi connectivity index (χ1) is 12.5. The average Bonchev–Trinajstić information content (AvgIpc) is 3.15. The molecular formula is C18H24N8. The lowest BCUT2D eigenvalue weighted by molar-refractivity contribution is 0.480. The van der Waals surface area contributed by atoms with E-state index in [1.807, 2.05) is 43.8 Å². The number of dihydropyridines is 1. The van der Waals surface area contributed by atoms with Crippen molar-refractivity contribution in [3.63, 3.8) is 0 Å². The molecule has 0 radical (unpaired) electrons. The molecule has 0 spiro atoms. The maximum absolute atomic E-state index is 4.57. The fourth-order valence-corrected chi connectivity index (χ4v) is 3.20. The van der Waals surface area contributed by atoms with E-state index in [0.29, 0.717) is 0 Å². The van der Waals surface area contributed by atoms with Crippen LogP contribution in [0.5, 0.6) is 0 Å². The Balaban J connectivity index is 1.55. The first kappa shape index (κ1) is 16.5. The van der Waals surface area contributed by atoms with Gasteiger partial charge in [0.15, 0.2) is 0 Å². The molecule has 8 heteroatoms. The molecule has 0 saturated heterocycles. The first-order valence-electron chi connectivity index (χ1n) is 8.66. The molecule has 4 N–H and O–H groups in total. The van der Waals surface area contributed by atoms with Crippen molar-refractivity contribution in [1.82, 2.24) is 30.8 Å². The van der Waals surface area contributed by atoms with Crippen molar-refractivity contribution >= 4 is 17.2 Å². The molecule has 4 rings (SSSR count). The Morgan fingerprint density at radius 1 is 1.23 bits per heavy atom. The van der Waals surface area contributed by atoms with Gasteiger partial charge in [-0.05, 0) is 31.7 Å². The molecule has 136 valence electrons. The molecule has 26 heavy (non-hydrogen) atoms. The highest BCUT2D eigenvalue weighted by atomic mass is 15.6. The zero-order valence-corrected chi connectivity index (χ0v) is 15.4. The summed E-state index contributed by atoms with van der Waals surface area (Å²) in [5.41, 5.74) is 8.92. The van der Waals surface area contributed by atoms with E-state index in [0.717, 1.165) is 28.5 Å². The van der Waals surface area contributed by atoms with Crippen molar-refractivity contribution in [3.05, 3.63) is 53.8 Å². The Labute approximate surface area is 153 Å². The van der Waals surface area contributed by atoms with Crippen molar-refractivity contribution in [2.75, 3.05) is 17.4 Å². The number of rotatable bonds is 4. The van der Waals surface area contributed by atoms with Gasteiger partial charge in [-0.3, -0.25) is 4.68 Å². The number of nitrogens with one attached hydrogen (secondary N) is 4. The molecule has 0 saturated carbocycles. The topological polar surface area (TPSA) is 82.1 Å². The van der Waals surface area contributed by atoms with Crippen LogP contribution in [0, 0.1) is 0 Å². The van der Waals surface area contributed by atoms with Crippen LogP contribution in [0.2, 0.25) is 0 Å². The molecular weight excluding hydrogens is 328 g/mol. The first-order valence-corrected chi connectivity index (χ1v) is 8.66. The molecule has 0 amide bonds. The zero-order chi connectivity index (χ0) is 18.3. The van der Waals surface area contributed by atoms with Crippen LogP contribution in [0.1, 0.15) is 25.6 Å². The fraction of sp³-hybridized carbons (Fsp3) is 0.333. The maximum atomic E-state index is 4.57. The predicted molar refractivity (Wildman–Crippen MR) is 103 cm³/mol. The summed E-state index contributed by atoms with van der Waals surface area (Å²) in [7, 11) is 3.90. The third kappa shape index (κ3) is 3.11. The Morgan fingerprint density at radius 3 is 2.85 bits per heavy atom. The Morgan fingerprint density at radius 2 is 2.08 bits per heavy atom. The van der Waals surface area contributed by atoms with E-state index < -0.39 is 0 Å². The number of fused-ring (bicyclic) bond motifs is 1. The van der Waals surface area contributed by atoms with Gasteiger partial charge < -0.3 is 21.0 Å². The van der Waals surface area contributed by atoms with Crippen LogP contribution in [0.25, 0.3) is 0 Å². The van der Waals surface area contributed by atoms with Crippen LogP contribution < -0.4 is 26.4 Å². The second kappa shape index (κ2) is 6.38. The number of hydrogen-bond donors (Lipinski definition) is 4. The second-order valence-corrected chi connectivity index (χ2v) is 6.80. The third-order valence-electron chi connectivity index (χ3n) is 4.61. The number of hydrogen-bond acceptors (Lipinski definition) is 7. The van der Waals surface area contributed by atoms with Gasteiger partial charge in [-0.1, -0.05) is 0 Å². The lowest BCUT2D eigenvalue weighted by atomic mass is 10.1. The summed E-state index contributed by atoms with van der Waals surface area (Å²) in [6, 6.07) is 2.29. The summed E-state index contributed by atoms with van der Waals surface area (Å²) in [5.74, 6) is 0.789. The highest BCUT2D eigenvalue weighted by Gasteiger charge is 2.28. The number of anilines is 3. The third-order valence-corrected chi connectivity index (χ3v) is 4.61. The number of pyridine rings is 1. The van der Waals surface area contributed by atoms with Gasteiger partial charge in [0.2, 0.25) is 0 Å². The van der Waals surface area contributed by atoms with Gasteiger partial charge in [-0.2, -0.15) is 5.10 Å². The van der Waals surface area contributed by atoms with E-state index in [2.05, 4.69) is 51.4 Å². The minimum Gasteiger partial charge on any atom is -0.383 e. The second-order valence-electron chi connectivity index (χ2n) is 6.80. The van der Waals surface area contributed by atoms with Gasteiger partial charge in [0.1, 0.15) is 12.0 Å². The molecule has 2 aliphatic rings.